The molecule has 1 aromatic rings. The summed E-state index contributed by atoms with van der Waals surface area (Å²) in [5.74, 6) is 0. The maximum absolute atomic E-state index is 4.32. The van der Waals surface area contributed by atoms with Gasteiger partial charge in [-0.3, -0.25) is 0 Å². The number of benzene rings is 1. The Labute approximate surface area is 128 Å². The van der Waals surface area contributed by atoms with E-state index in [1.807, 2.05) is 0 Å². The number of unbranched alkanes of at least 4 members (excludes halogenated alkanes) is 5. The van der Waals surface area contributed by atoms with E-state index in [4.69, 9.17) is 0 Å². The van der Waals surface area contributed by atoms with E-state index in [-0.39, 0.29) is 0 Å². The molecule has 0 amide bonds. The maximum atomic E-state index is 4.32. The van der Waals surface area contributed by atoms with Gasteiger partial charge in [-0.15, -0.1) is 24.5 Å². The molecule has 0 fully saturated rings. The summed E-state index contributed by atoms with van der Waals surface area (Å²) in [4.78, 5) is 1.28. The lowest BCUT2D eigenvalue weighted by atomic mass is 10.1. The molecule has 0 atom stereocenters. The van der Waals surface area contributed by atoms with Gasteiger partial charge in [0, 0.05) is 4.90 Å². The van der Waals surface area contributed by atoms with E-state index in [9.17, 15) is 0 Å². The Morgan fingerprint density at radius 3 is 2.17 bits per heavy atom. The molecule has 0 unspecified atom stereocenters. The van der Waals surface area contributed by atoms with Crippen LogP contribution in [0.5, 0.6) is 0 Å². The summed E-state index contributed by atoms with van der Waals surface area (Å²) in [5.41, 5.74) is 0.955. The Morgan fingerprint density at radius 1 is 0.944 bits per heavy atom. The molecule has 0 radical (unpaired) electrons. The Balaban J connectivity index is 2.18. The minimum Gasteiger partial charge on any atom is -0.130 e. The van der Waals surface area contributed by atoms with Crippen LogP contribution in [0, 0.1) is 0 Å². The first-order valence-electron chi connectivity index (χ1n) is 6.67. The second-order valence-corrected chi connectivity index (χ2v) is 12.3. The van der Waals surface area contributed by atoms with E-state index in [1.54, 1.807) is 11.4 Å². The summed E-state index contributed by atoms with van der Waals surface area (Å²) in [7, 11) is 0. The second-order valence-electron chi connectivity index (χ2n) is 4.51. The molecule has 0 N–H and O–H groups in total. The first-order chi connectivity index (χ1) is 8.72. The fraction of sp³-hybridized carbons (Fsp3) is 0.571. The molecule has 0 heterocycles. The minimum absolute atomic E-state index is 0.501. The lowest BCUT2D eigenvalue weighted by molar-refractivity contribution is 0.607. The third-order valence-corrected chi connectivity index (χ3v) is 6.17. The van der Waals surface area contributed by atoms with Crippen LogP contribution in [0.2, 0.25) is 0 Å². The van der Waals surface area contributed by atoms with Crippen LogP contribution in [0.25, 0.3) is 0 Å². The van der Waals surface area contributed by atoms with Crippen LogP contribution in [0.1, 0.15) is 51.0 Å². The van der Waals surface area contributed by atoms with Crippen LogP contribution in [0.3, 0.4) is 0 Å². The van der Waals surface area contributed by atoms with Crippen molar-refractivity contribution in [3.05, 3.63) is 29.8 Å². The summed E-state index contributed by atoms with van der Waals surface area (Å²) in [6.07, 6.45) is 9.43. The zero-order chi connectivity index (χ0) is 13.2. The number of thiol groups is 2. The summed E-state index contributed by atoms with van der Waals surface area (Å²) in [6.45, 7) is 2.26. The lowest BCUT2D eigenvalue weighted by Gasteiger charge is -2.05. The molecule has 1 rings (SSSR count). The molecule has 4 heteroatoms. The SMILES string of the molecule is CCCCCCCCc1ccc(SP(S)S)cc1. The predicted molar refractivity (Wildman–Crippen MR) is 94.3 cm³/mol. The molecule has 1 aromatic carbocycles. The summed E-state index contributed by atoms with van der Waals surface area (Å²) >= 11 is 10.4. The van der Waals surface area contributed by atoms with E-state index in [1.165, 1.54) is 55.4 Å². The molecule has 0 spiro atoms. The van der Waals surface area contributed by atoms with Crippen molar-refractivity contribution in [2.24, 2.45) is 0 Å². The number of aryl methyl sites for hydroxylation is 1. The van der Waals surface area contributed by atoms with Gasteiger partial charge < -0.3 is 0 Å². The van der Waals surface area contributed by atoms with Crippen molar-refractivity contribution in [2.45, 2.75) is 56.8 Å². The standard InChI is InChI=1S/C14H23PS3/c1-2-3-4-5-6-7-8-13-9-11-14(12-10-13)18-15(16)17/h9-12,16-17H,2-8H2,1H3. The fourth-order valence-electron chi connectivity index (χ4n) is 1.92. The van der Waals surface area contributed by atoms with Gasteiger partial charge in [0.05, 0.1) is 5.53 Å². The van der Waals surface area contributed by atoms with Crippen molar-refractivity contribution >= 4 is 41.4 Å². The molecule has 0 aliphatic carbocycles. The average molecular weight is 319 g/mol. The highest BCUT2D eigenvalue weighted by Gasteiger charge is 2.00. The average Bonchev–Trinajstić information content (AvgIpc) is 2.35. The third kappa shape index (κ3) is 7.99. The van der Waals surface area contributed by atoms with Crippen molar-refractivity contribution in [3.63, 3.8) is 0 Å². The normalized spacial score (nSPS) is 11.1. The van der Waals surface area contributed by atoms with Crippen molar-refractivity contribution < 1.29 is 0 Å². The molecule has 18 heavy (non-hydrogen) atoms. The second kappa shape index (κ2) is 10.5. The largest absolute Gasteiger partial charge is 0.130 e. The highest BCUT2D eigenvalue weighted by molar-refractivity contribution is 9.06. The lowest BCUT2D eigenvalue weighted by Crippen LogP contribution is -1.86. The van der Waals surface area contributed by atoms with Gasteiger partial charge >= 0.3 is 0 Å². The highest BCUT2D eigenvalue weighted by Crippen LogP contribution is 2.61. The fourth-order valence-corrected chi connectivity index (χ4v) is 4.99. The first-order valence-corrected chi connectivity index (χ1v) is 11.7. The van der Waals surface area contributed by atoms with Crippen LogP contribution in [-0.4, -0.2) is 0 Å². The van der Waals surface area contributed by atoms with E-state index in [2.05, 4.69) is 55.7 Å². The molecule has 0 saturated carbocycles. The van der Waals surface area contributed by atoms with Crippen molar-refractivity contribution in [3.8, 4) is 0 Å². The monoisotopic (exact) mass is 318 g/mol. The van der Waals surface area contributed by atoms with Gasteiger partial charge in [0.15, 0.2) is 0 Å². The zero-order valence-electron chi connectivity index (χ0n) is 11.0. The first kappa shape index (κ1) is 16.8. The van der Waals surface area contributed by atoms with Crippen molar-refractivity contribution in [1.29, 1.82) is 0 Å². The quantitative estimate of drug-likeness (QED) is 0.288. The van der Waals surface area contributed by atoms with Gasteiger partial charge in [-0.25, -0.2) is 0 Å². The molecule has 0 aromatic heterocycles. The Kier molecular flexibility index (Phi) is 9.76. The maximum Gasteiger partial charge on any atom is 0.0715 e. The predicted octanol–water partition coefficient (Wildman–Crippen LogP) is 6.77. The minimum atomic E-state index is -0.501. The van der Waals surface area contributed by atoms with Crippen LogP contribution in [0.15, 0.2) is 29.2 Å². The Morgan fingerprint density at radius 2 is 1.56 bits per heavy atom. The van der Waals surface area contributed by atoms with Gasteiger partial charge in [-0.2, -0.15) is 0 Å². The topological polar surface area (TPSA) is 0 Å². The molecule has 102 valence electrons. The van der Waals surface area contributed by atoms with Crippen LogP contribution in [0.4, 0.5) is 0 Å². The van der Waals surface area contributed by atoms with Crippen LogP contribution < -0.4 is 0 Å². The van der Waals surface area contributed by atoms with Gasteiger partial charge in [0.2, 0.25) is 0 Å². The molecule has 0 bridgehead atoms. The smallest absolute Gasteiger partial charge is 0.0715 e. The Bertz CT molecular complexity index is 311. The van der Waals surface area contributed by atoms with E-state index >= 15 is 0 Å². The summed E-state index contributed by atoms with van der Waals surface area (Å²) in [6, 6.07) is 8.88. The van der Waals surface area contributed by atoms with Crippen molar-refractivity contribution in [1.82, 2.24) is 0 Å². The Hall–Kier alpha value is 0.700. The number of hydrogen-bond acceptors (Lipinski definition) is 3. The summed E-state index contributed by atoms with van der Waals surface area (Å²) in [5, 5.41) is 0. The number of rotatable bonds is 9. The summed E-state index contributed by atoms with van der Waals surface area (Å²) < 4.78 is 0. The molecule has 0 aliphatic rings. The van der Waals surface area contributed by atoms with Gasteiger partial charge in [-0.1, -0.05) is 62.5 Å². The molecular weight excluding hydrogens is 295 g/mol. The number of hydrogen-bond donors (Lipinski definition) is 2. The third-order valence-electron chi connectivity index (χ3n) is 2.93. The molecule has 0 aliphatic heterocycles. The van der Waals surface area contributed by atoms with Gasteiger partial charge in [0.1, 0.15) is 0 Å². The van der Waals surface area contributed by atoms with Crippen LogP contribution >= 0.6 is 41.4 Å². The van der Waals surface area contributed by atoms with Gasteiger partial charge in [0.25, 0.3) is 0 Å². The molecule has 0 saturated heterocycles. The van der Waals surface area contributed by atoms with E-state index in [0.29, 0.717) is 0 Å². The highest BCUT2D eigenvalue weighted by atomic mass is 33.3. The molecular formula is C14H23PS3. The van der Waals surface area contributed by atoms with E-state index < -0.39 is 5.53 Å². The van der Waals surface area contributed by atoms with Crippen molar-refractivity contribution in [2.75, 3.05) is 0 Å². The van der Waals surface area contributed by atoms with E-state index in [0.717, 1.165) is 0 Å². The van der Waals surface area contributed by atoms with Crippen LogP contribution in [-0.2, 0) is 6.42 Å². The van der Waals surface area contributed by atoms with Gasteiger partial charge in [-0.05, 0) is 30.5 Å². The zero-order valence-corrected chi connectivity index (χ0v) is 14.5. The molecule has 0 nitrogen and oxygen atoms in total.